The number of carboxylic acids is 1. The number of aromatic nitrogens is 1. The van der Waals surface area contributed by atoms with Crippen LogP contribution in [0.2, 0.25) is 0 Å². The molecule has 0 saturated heterocycles. The third-order valence-electron chi connectivity index (χ3n) is 2.35. The van der Waals surface area contributed by atoms with Crippen molar-refractivity contribution in [2.24, 2.45) is 5.92 Å². The Kier molecular flexibility index (Phi) is 6.15. The molecule has 0 aliphatic heterocycles. The molecule has 96 valence electrons. The number of nitrogens with one attached hydrogen (secondary N) is 1. The average Bonchev–Trinajstić information content (AvgIpc) is 2.63. The zero-order chi connectivity index (χ0) is 12.7. The van der Waals surface area contributed by atoms with Crippen molar-refractivity contribution in [3.63, 3.8) is 0 Å². The number of nitrogens with zero attached hydrogens (tertiary/aromatic N) is 1. The molecule has 1 aromatic heterocycles. The summed E-state index contributed by atoms with van der Waals surface area (Å²) in [4.78, 5) is 14.8. The standard InChI is InChI=1S/C12H20N2O2S/c1-9(2)3-5-13-6-4-11-14-10(8-17-11)7-12(15)16/h8-9,13H,3-7H2,1-2H3,(H,15,16). The molecule has 0 amide bonds. The first-order chi connectivity index (χ1) is 8.08. The zero-order valence-electron chi connectivity index (χ0n) is 10.4. The molecule has 0 aromatic carbocycles. The van der Waals surface area contributed by atoms with Crippen LogP contribution in [0.5, 0.6) is 0 Å². The lowest BCUT2D eigenvalue weighted by atomic mass is 10.1. The summed E-state index contributed by atoms with van der Waals surface area (Å²) in [5, 5.41) is 14.8. The lowest BCUT2D eigenvalue weighted by molar-refractivity contribution is -0.136. The molecule has 0 radical (unpaired) electrons. The maximum Gasteiger partial charge on any atom is 0.309 e. The molecule has 1 aromatic rings. The van der Waals surface area contributed by atoms with E-state index in [0.717, 1.165) is 30.4 Å². The highest BCUT2D eigenvalue weighted by atomic mass is 32.1. The number of thiazole rings is 1. The maximum absolute atomic E-state index is 10.5. The monoisotopic (exact) mass is 256 g/mol. The Morgan fingerprint density at radius 2 is 2.29 bits per heavy atom. The van der Waals surface area contributed by atoms with Crippen LogP contribution in [0.4, 0.5) is 0 Å². The Balaban J connectivity index is 2.18. The van der Waals surface area contributed by atoms with Gasteiger partial charge >= 0.3 is 5.97 Å². The second-order valence-corrected chi connectivity index (χ2v) is 5.43. The zero-order valence-corrected chi connectivity index (χ0v) is 11.2. The summed E-state index contributed by atoms with van der Waals surface area (Å²) in [5.74, 6) is -0.0959. The molecule has 0 unspecified atom stereocenters. The Morgan fingerprint density at radius 3 is 2.94 bits per heavy atom. The second kappa shape index (κ2) is 7.40. The third-order valence-corrected chi connectivity index (χ3v) is 3.30. The predicted octanol–water partition coefficient (Wildman–Crippen LogP) is 1.95. The summed E-state index contributed by atoms with van der Waals surface area (Å²) >= 11 is 1.54. The van der Waals surface area contributed by atoms with Crippen molar-refractivity contribution in [1.82, 2.24) is 10.3 Å². The van der Waals surface area contributed by atoms with Gasteiger partial charge in [-0.15, -0.1) is 11.3 Å². The van der Waals surface area contributed by atoms with Gasteiger partial charge in [-0.25, -0.2) is 4.98 Å². The third kappa shape index (κ3) is 6.38. The number of aliphatic carboxylic acids is 1. The first kappa shape index (κ1) is 14.1. The largest absolute Gasteiger partial charge is 0.481 e. The van der Waals surface area contributed by atoms with E-state index in [4.69, 9.17) is 5.11 Å². The highest BCUT2D eigenvalue weighted by molar-refractivity contribution is 7.09. The Bertz CT molecular complexity index is 350. The maximum atomic E-state index is 10.5. The molecule has 4 nitrogen and oxygen atoms in total. The van der Waals surface area contributed by atoms with Crippen LogP contribution >= 0.6 is 11.3 Å². The van der Waals surface area contributed by atoms with E-state index in [-0.39, 0.29) is 6.42 Å². The summed E-state index contributed by atoms with van der Waals surface area (Å²) in [5.41, 5.74) is 0.666. The van der Waals surface area contributed by atoms with Crippen LogP contribution in [-0.4, -0.2) is 29.1 Å². The van der Waals surface area contributed by atoms with E-state index in [1.807, 2.05) is 5.38 Å². The van der Waals surface area contributed by atoms with Crippen LogP contribution < -0.4 is 5.32 Å². The minimum absolute atomic E-state index is 0.0251. The van der Waals surface area contributed by atoms with Crippen molar-refractivity contribution < 1.29 is 9.90 Å². The number of hydrogen-bond donors (Lipinski definition) is 2. The molecule has 17 heavy (non-hydrogen) atoms. The first-order valence-corrected chi connectivity index (χ1v) is 6.81. The van der Waals surface area contributed by atoms with E-state index in [1.54, 1.807) is 11.3 Å². The molecule has 0 bridgehead atoms. The summed E-state index contributed by atoms with van der Waals surface area (Å²) < 4.78 is 0. The Hall–Kier alpha value is -0.940. The number of carboxylic acid groups (broad SMARTS) is 1. The number of carbonyl (C=O) groups is 1. The van der Waals surface area contributed by atoms with E-state index in [1.165, 1.54) is 6.42 Å². The molecule has 2 N–H and O–H groups in total. The quantitative estimate of drug-likeness (QED) is 0.698. The van der Waals surface area contributed by atoms with E-state index < -0.39 is 5.97 Å². The van der Waals surface area contributed by atoms with Crippen molar-refractivity contribution in [3.05, 3.63) is 16.1 Å². The topological polar surface area (TPSA) is 62.2 Å². The van der Waals surface area contributed by atoms with E-state index in [0.29, 0.717) is 5.69 Å². The van der Waals surface area contributed by atoms with Gasteiger partial charge in [-0.2, -0.15) is 0 Å². The second-order valence-electron chi connectivity index (χ2n) is 4.49. The normalized spacial score (nSPS) is 11.0. The van der Waals surface area contributed by atoms with Gasteiger partial charge in [0.05, 0.1) is 17.1 Å². The van der Waals surface area contributed by atoms with Crippen molar-refractivity contribution in [2.75, 3.05) is 13.1 Å². The van der Waals surface area contributed by atoms with Crippen LogP contribution in [-0.2, 0) is 17.6 Å². The van der Waals surface area contributed by atoms with Crippen LogP contribution in [0.3, 0.4) is 0 Å². The van der Waals surface area contributed by atoms with Crippen molar-refractivity contribution >= 4 is 17.3 Å². The Morgan fingerprint density at radius 1 is 1.53 bits per heavy atom. The van der Waals surface area contributed by atoms with E-state index in [2.05, 4.69) is 24.1 Å². The molecule has 1 rings (SSSR count). The highest BCUT2D eigenvalue weighted by Gasteiger charge is 2.05. The Labute approximate surface area is 106 Å². The fraction of sp³-hybridized carbons (Fsp3) is 0.667. The van der Waals surface area contributed by atoms with Crippen LogP contribution in [0.1, 0.15) is 31.0 Å². The fourth-order valence-corrected chi connectivity index (χ4v) is 2.21. The van der Waals surface area contributed by atoms with Gasteiger partial charge in [0.2, 0.25) is 0 Å². The van der Waals surface area contributed by atoms with E-state index >= 15 is 0 Å². The van der Waals surface area contributed by atoms with Gasteiger partial charge in [0.25, 0.3) is 0 Å². The first-order valence-electron chi connectivity index (χ1n) is 5.93. The van der Waals surface area contributed by atoms with Crippen molar-refractivity contribution in [2.45, 2.75) is 33.1 Å². The van der Waals surface area contributed by atoms with Crippen molar-refractivity contribution in [1.29, 1.82) is 0 Å². The molecule has 0 atom stereocenters. The number of hydrogen-bond acceptors (Lipinski definition) is 4. The lowest BCUT2D eigenvalue weighted by Crippen LogP contribution is -2.19. The van der Waals surface area contributed by atoms with Gasteiger partial charge in [-0.1, -0.05) is 13.8 Å². The fourth-order valence-electron chi connectivity index (χ4n) is 1.41. The van der Waals surface area contributed by atoms with Gasteiger partial charge < -0.3 is 10.4 Å². The molecular formula is C12H20N2O2S. The SMILES string of the molecule is CC(C)CCNCCc1nc(CC(=O)O)cs1. The van der Waals surface area contributed by atoms with Crippen molar-refractivity contribution in [3.8, 4) is 0 Å². The molecule has 0 spiro atoms. The van der Waals surface area contributed by atoms with Crippen LogP contribution in [0, 0.1) is 5.92 Å². The molecule has 0 aliphatic rings. The van der Waals surface area contributed by atoms with Crippen LogP contribution in [0.25, 0.3) is 0 Å². The minimum Gasteiger partial charge on any atom is -0.481 e. The van der Waals surface area contributed by atoms with E-state index in [9.17, 15) is 4.79 Å². The number of rotatable bonds is 8. The molecular weight excluding hydrogens is 236 g/mol. The highest BCUT2D eigenvalue weighted by Crippen LogP contribution is 2.10. The summed E-state index contributed by atoms with van der Waals surface area (Å²) in [6, 6.07) is 0. The summed E-state index contributed by atoms with van der Waals surface area (Å²) in [6.45, 7) is 6.36. The van der Waals surface area contributed by atoms with Gasteiger partial charge in [0.1, 0.15) is 0 Å². The minimum atomic E-state index is -0.822. The summed E-state index contributed by atoms with van der Waals surface area (Å²) in [6.07, 6.45) is 2.09. The summed E-state index contributed by atoms with van der Waals surface area (Å²) in [7, 11) is 0. The van der Waals surface area contributed by atoms with Gasteiger partial charge in [-0.3, -0.25) is 4.79 Å². The van der Waals surface area contributed by atoms with Gasteiger partial charge in [0, 0.05) is 18.3 Å². The molecule has 1 heterocycles. The van der Waals surface area contributed by atoms with Gasteiger partial charge in [0.15, 0.2) is 0 Å². The predicted molar refractivity (Wildman–Crippen MR) is 69.5 cm³/mol. The average molecular weight is 256 g/mol. The lowest BCUT2D eigenvalue weighted by Gasteiger charge is -2.05. The van der Waals surface area contributed by atoms with Crippen LogP contribution in [0.15, 0.2) is 5.38 Å². The smallest absolute Gasteiger partial charge is 0.309 e. The molecule has 0 saturated carbocycles. The van der Waals surface area contributed by atoms with Gasteiger partial charge in [-0.05, 0) is 18.9 Å². The molecule has 0 aliphatic carbocycles. The molecule has 5 heteroatoms. The molecule has 0 fully saturated rings.